The van der Waals surface area contributed by atoms with Crippen LogP contribution in [0.4, 0.5) is 0 Å². The molecule has 0 rings (SSSR count). The summed E-state index contributed by atoms with van der Waals surface area (Å²) in [5, 5.41) is 52.8. The second-order valence-electron chi connectivity index (χ2n) is 7.46. The van der Waals surface area contributed by atoms with Crippen molar-refractivity contribution >= 4 is 0 Å². The van der Waals surface area contributed by atoms with Crippen LogP contribution in [0.15, 0.2) is 0 Å². The average Bonchev–Trinajstić information content (AvgIpc) is 2.89. The molecule has 0 spiro atoms. The molecule has 0 bridgehead atoms. The van der Waals surface area contributed by atoms with Gasteiger partial charge >= 0.3 is 0 Å². The molecular weight excluding hydrogens is 1060 g/mol. The number of rotatable bonds is 26. The monoisotopic (exact) mass is 1110 g/mol. The van der Waals surface area contributed by atoms with Gasteiger partial charge in [-0.15, -0.1) is 0 Å². The smallest absolute Gasteiger partial charge is 0.0976 e. The van der Waals surface area contributed by atoms with Crippen molar-refractivity contribution in [2.45, 2.75) is 24.4 Å². The van der Waals surface area contributed by atoms with E-state index < -0.39 is 24.4 Å². The molecule has 0 amide bonds. The Bertz CT molecular complexity index is 399. The molecule has 4 atom stereocenters. The van der Waals surface area contributed by atoms with Crippen LogP contribution >= 0.6 is 0 Å². The van der Waals surface area contributed by atoms with Crippen molar-refractivity contribution < 1.29 is 73.3 Å². The molecule has 0 saturated heterocycles. The molecule has 17 heteroatoms. The molecule has 0 aliphatic heterocycles. The van der Waals surface area contributed by atoms with Crippen molar-refractivity contribution in [3.8, 4) is 0 Å². The van der Waals surface area contributed by atoms with Gasteiger partial charge in [0.1, 0.15) is 0 Å². The summed E-state index contributed by atoms with van der Waals surface area (Å²) in [6.07, 6.45) is -2.64. The summed E-state index contributed by atoms with van der Waals surface area (Å²) in [5.41, 5.74) is 0. The minimum Gasteiger partial charge on any atom is -0.553 e. The molecule has 0 saturated carbocycles. The van der Waals surface area contributed by atoms with Gasteiger partial charge < -0.3 is 73.3 Å². The Kier molecular flexibility index (Phi) is 49.2. The Labute approximate surface area is 232 Å². The van der Waals surface area contributed by atoms with E-state index in [4.69, 9.17) is 44.1 Å². The van der Waals surface area contributed by atoms with Crippen molar-refractivity contribution in [3.05, 3.63) is 28.4 Å². The molecule has 4 unspecified atom stereocenters. The maximum absolute atomic E-state index is 9.23. The van der Waals surface area contributed by atoms with Crippen molar-refractivity contribution in [2.24, 2.45) is 0 Å². The number of hydrogen-bond acceptors (Lipinski definition) is 15. The van der Waals surface area contributed by atoms with E-state index in [0.717, 1.165) is 0 Å². The summed E-state index contributed by atoms with van der Waals surface area (Å²) < 4.78 is 42.9. The predicted molar refractivity (Wildman–Crippen MR) is 138 cm³/mol. The van der Waals surface area contributed by atoms with E-state index in [1.165, 1.54) is 0 Å². The van der Waals surface area contributed by atoms with Crippen LogP contribution in [0.1, 0.15) is 0 Å². The zero-order valence-electron chi connectivity index (χ0n) is 24.2. The van der Waals surface area contributed by atoms with Crippen LogP contribution in [0.5, 0.6) is 0 Å². The Balaban J connectivity index is -0.000000168. The molecule has 0 aromatic rings. The second-order valence-corrected chi connectivity index (χ2v) is 7.46. The van der Waals surface area contributed by atoms with Crippen molar-refractivity contribution in [2.75, 3.05) is 106 Å². The first kappa shape index (κ1) is 48.1. The Hall–Kier alpha value is -2.60. The number of ether oxygens (including phenoxy) is 9. The summed E-state index contributed by atoms with van der Waals surface area (Å²) in [7, 11) is 12.5. The van der Waals surface area contributed by atoms with E-state index in [1.807, 2.05) is 0 Å². The molecule has 0 aromatic carbocycles. The van der Waals surface area contributed by atoms with Gasteiger partial charge in [0.05, 0.1) is 104 Å². The molecule has 0 heterocycles. The van der Waals surface area contributed by atoms with Gasteiger partial charge in [-0.25, -0.2) is 28.4 Å². The standard InChI is InChI=1S/C12H24O7.2C6H13O4.2Rf/c1-15-7-11(13)9-18-5-3-17-4-6-19-10-12(14)8-16-2;2*1-9-4-6(8)5-10-3-2-7;;/h11-14H,1-10H2;2*6-8H,1-5H2;;/q-2;2*-1;;. The van der Waals surface area contributed by atoms with Crippen LogP contribution in [0.3, 0.4) is 0 Å². The molecule has 0 aromatic heterocycles. The summed E-state index contributed by atoms with van der Waals surface area (Å²) in [6.45, 7) is 3.35. The van der Waals surface area contributed by atoms with E-state index in [-0.39, 0.29) is 79.3 Å². The summed E-state index contributed by atoms with van der Waals surface area (Å²) in [5.74, 6) is 0. The Morgan fingerprint density at radius 2 is 0.585 bits per heavy atom. The van der Waals surface area contributed by atoms with Crippen LogP contribution in [0.25, 0.3) is 0 Å². The quantitative estimate of drug-likeness (QED) is 0.0399. The van der Waals surface area contributed by atoms with E-state index in [2.05, 4.69) is 47.4 Å². The van der Waals surface area contributed by atoms with Gasteiger partial charge in [-0.3, -0.25) is 0 Å². The van der Waals surface area contributed by atoms with E-state index >= 15 is 0 Å². The van der Waals surface area contributed by atoms with Gasteiger partial charge in [0, 0.05) is 26.4 Å². The number of aliphatic hydroxyl groups excluding tert-OH is 6. The number of hydrogen-bond donors (Lipinski definition) is 6. The second kappa shape index (κ2) is 41.9. The zero-order chi connectivity index (χ0) is 30.0. The normalized spacial score (nSPS) is 13.3. The van der Waals surface area contributed by atoms with Crippen LogP contribution in [-0.2, 0) is 42.6 Å². The first-order valence-corrected chi connectivity index (χ1v) is 12.1. The summed E-state index contributed by atoms with van der Waals surface area (Å²) in [6, 6.07) is 0. The predicted octanol–water partition coefficient (Wildman–Crippen LogP) is -2.30. The third-order valence-electron chi connectivity index (χ3n) is 3.70. The van der Waals surface area contributed by atoms with E-state index in [0.29, 0.717) is 26.4 Å². The molecular formula is C24H50O15Rf2-4. The molecule has 0 fully saturated rings. The first-order chi connectivity index (χ1) is 18.8. The molecule has 244 valence electrons. The fraction of sp³-hybridized carbons (Fsp3) is 0.833. The topological polar surface area (TPSA) is 204 Å². The van der Waals surface area contributed by atoms with Crippen LogP contribution in [-0.4, -0.2) is 161 Å². The van der Waals surface area contributed by atoms with Gasteiger partial charge in [-0.1, -0.05) is 0 Å². The van der Waals surface area contributed by atoms with E-state index in [1.54, 1.807) is 0 Å². The molecule has 15 nitrogen and oxygen atoms in total. The molecule has 0 radical (unpaired) electrons. The number of aliphatic hydroxyl groups is 6. The zero-order valence-corrected chi connectivity index (χ0v) is 37.0. The molecule has 0 aliphatic carbocycles. The van der Waals surface area contributed by atoms with Crippen molar-refractivity contribution in [1.82, 2.24) is 0 Å². The maximum atomic E-state index is 9.23. The Morgan fingerprint density at radius 3 is 0.805 bits per heavy atom. The van der Waals surface area contributed by atoms with Gasteiger partial charge in [0.15, 0.2) is 0 Å². The molecule has 41 heavy (non-hydrogen) atoms. The molecule has 6 N–H and O–H groups in total. The van der Waals surface area contributed by atoms with Crippen LogP contribution in [0, 0.1) is 28.4 Å². The SMILES string of the molecule is [CH2-]OCC(O)COCCO.[CH2-]OCC(O)COCCO.[CH2-]OCC(O)COCCOCCOCC(O)CO[CH2-].[Rf].[Rf]. The third-order valence-corrected chi connectivity index (χ3v) is 3.70. The van der Waals surface area contributed by atoms with E-state index in [9.17, 15) is 10.2 Å². The van der Waals surface area contributed by atoms with Crippen LogP contribution in [0.2, 0.25) is 0 Å². The largest absolute Gasteiger partial charge is 0.553 e. The fourth-order valence-electron chi connectivity index (χ4n) is 2.08. The Morgan fingerprint density at radius 1 is 0.366 bits per heavy atom. The van der Waals surface area contributed by atoms with Crippen LogP contribution < -0.4 is 0 Å². The van der Waals surface area contributed by atoms with Gasteiger partial charge in [-0.2, -0.15) is 0 Å². The van der Waals surface area contributed by atoms with Crippen molar-refractivity contribution in [1.29, 1.82) is 0 Å². The molecule has 0 aliphatic rings. The van der Waals surface area contributed by atoms with Gasteiger partial charge in [0.25, 0.3) is 0 Å². The minimum absolute atomic E-state index is 0. The average molecular weight is 1110 g/mol. The minimum atomic E-state index is -0.669. The third kappa shape index (κ3) is 47.5. The van der Waals surface area contributed by atoms with Gasteiger partial charge in [-0.05, 0) is 0 Å². The van der Waals surface area contributed by atoms with Gasteiger partial charge in [0.2, 0.25) is 0 Å². The van der Waals surface area contributed by atoms with Crippen molar-refractivity contribution in [3.63, 3.8) is 0 Å². The summed E-state index contributed by atoms with van der Waals surface area (Å²) >= 11 is 0. The summed E-state index contributed by atoms with van der Waals surface area (Å²) in [4.78, 5) is 0. The first-order valence-electron chi connectivity index (χ1n) is 12.1. The maximum Gasteiger partial charge on any atom is 0.0976 e. The fourth-order valence-corrected chi connectivity index (χ4v) is 2.08.